The summed E-state index contributed by atoms with van der Waals surface area (Å²) in [6.07, 6.45) is 7.95. The highest BCUT2D eigenvalue weighted by molar-refractivity contribution is 7.84. The van der Waals surface area contributed by atoms with Gasteiger partial charge in [-0.1, -0.05) is 30.7 Å². The highest BCUT2D eigenvalue weighted by Crippen LogP contribution is 2.08. The van der Waals surface area contributed by atoms with Crippen LogP contribution >= 0.6 is 12.6 Å². The molecule has 0 radical (unpaired) electrons. The highest BCUT2D eigenvalue weighted by Gasteiger charge is 1.83. The van der Waals surface area contributed by atoms with Gasteiger partial charge >= 0.3 is 0 Å². The average Bonchev–Trinajstić information content (AvgIpc) is 2.01. The van der Waals surface area contributed by atoms with E-state index in [2.05, 4.69) is 39.1 Å². The molecule has 0 aliphatic carbocycles. The van der Waals surface area contributed by atoms with Crippen LogP contribution in [0.3, 0.4) is 0 Å². The monoisotopic (exact) mass is 168 g/mol. The van der Waals surface area contributed by atoms with E-state index >= 15 is 0 Å². The van der Waals surface area contributed by atoms with Crippen molar-refractivity contribution in [3.63, 3.8) is 0 Å². The van der Waals surface area contributed by atoms with Gasteiger partial charge in [0.2, 0.25) is 0 Å². The molecule has 1 heteroatoms. The summed E-state index contributed by atoms with van der Waals surface area (Å²) in [5, 5.41) is 0. The van der Waals surface area contributed by atoms with Crippen molar-refractivity contribution in [3.05, 3.63) is 35.3 Å². The Morgan fingerprint density at radius 2 is 2.09 bits per heavy atom. The van der Waals surface area contributed by atoms with E-state index < -0.39 is 0 Å². The number of allylic oxidation sites excluding steroid dienone is 5. The number of thiol groups is 1. The molecule has 0 aromatic heterocycles. The first-order valence-corrected chi connectivity index (χ1v) is 4.31. The van der Waals surface area contributed by atoms with E-state index in [1.165, 1.54) is 5.57 Å². The van der Waals surface area contributed by atoms with Crippen molar-refractivity contribution in [2.24, 2.45) is 0 Å². The van der Waals surface area contributed by atoms with E-state index in [0.29, 0.717) is 0 Å². The van der Waals surface area contributed by atoms with Gasteiger partial charge in [0, 0.05) is 0 Å². The first-order chi connectivity index (χ1) is 5.20. The maximum Gasteiger partial charge on any atom is -0.00425 e. The molecule has 0 aliphatic rings. The minimum absolute atomic E-state index is 0.858. The summed E-state index contributed by atoms with van der Waals surface area (Å²) >= 11 is 4.27. The molecule has 0 unspecified atom stereocenters. The Morgan fingerprint density at radius 1 is 1.45 bits per heavy atom. The lowest BCUT2D eigenvalue weighted by Crippen LogP contribution is -1.70. The topological polar surface area (TPSA) is 0 Å². The molecule has 0 saturated heterocycles. The molecule has 0 heterocycles. The van der Waals surface area contributed by atoms with Crippen LogP contribution in [0.2, 0.25) is 0 Å². The number of hydrogen-bond acceptors (Lipinski definition) is 1. The summed E-state index contributed by atoms with van der Waals surface area (Å²) in [5.74, 6) is 0. The maximum absolute atomic E-state index is 4.27. The van der Waals surface area contributed by atoms with Crippen molar-refractivity contribution in [1.82, 2.24) is 0 Å². The summed E-state index contributed by atoms with van der Waals surface area (Å²) in [4.78, 5) is 1.06. The molecule has 0 aliphatic heterocycles. The summed E-state index contributed by atoms with van der Waals surface area (Å²) in [6.45, 7) is 7.90. The molecule has 11 heavy (non-hydrogen) atoms. The second-order valence-electron chi connectivity index (χ2n) is 2.52. The van der Waals surface area contributed by atoms with Crippen molar-refractivity contribution in [2.75, 3.05) is 0 Å². The molecular formula is C10H16S. The van der Waals surface area contributed by atoms with Crippen LogP contribution < -0.4 is 0 Å². The standard InChI is InChI=1S/C10H16S/c1-4-6-10(11)8-7-9(3)5-2/h4,7-8,11H,1,5-6H2,2-3H3/b9-7-,10-8+. The lowest BCUT2D eigenvalue weighted by molar-refractivity contribution is 1.10. The van der Waals surface area contributed by atoms with Crippen LogP contribution in [-0.4, -0.2) is 0 Å². The fourth-order valence-corrected chi connectivity index (χ4v) is 0.776. The molecule has 0 aromatic carbocycles. The van der Waals surface area contributed by atoms with Gasteiger partial charge < -0.3 is 0 Å². The Balaban J connectivity index is 3.98. The van der Waals surface area contributed by atoms with Crippen molar-refractivity contribution < 1.29 is 0 Å². The minimum Gasteiger partial charge on any atom is -0.148 e. The molecule has 0 amide bonds. The van der Waals surface area contributed by atoms with Gasteiger partial charge in [-0.15, -0.1) is 19.2 Å². The van der Waals surface area contributed by atoms with Gasteiger partial charge in [0.25, 0.3) is 0 Å². The van der Waals surface area contributed by atoms with Gasteiger partial charge in [0.15, 0.2) is 0 Å². The third kappa shape index (κ3) is 5.99. The third-order valence-corrected chi connectivity index (χ3v) is 1.80. The average molecular weight is 168 g/mol. The molecule has 0 saturated carbocycles. The fourth-order valence-electron chi connectivity index (χ4n) is 0.572. The van der Waals surface area contributed by atoms with Crippen molar-refractivity contribution in [3.8, 4) is 0 Å². The molecule has 0 N–H and O–H groups in total. The van der Waals surface area contributed by atoms with Gasteiger partial charge in [0.1, 0.15) is 0 Å². The zero-order valence-electron chi connectivity index (χ0n) is 7.30. The van der Waals surface area contributed by atoms with Crippen LogP contribution in [0.4, 0.5) is 0 Å². The Kier molecular flexibility index (Phi) is 6.05. The minimum atomic E-state index is 0.858. The summed E-state index contributed by atoms with van der Waals surface area (Å²) < 4.78 is 0. The molecular weight excluding hydrogens is 152 g/mol. The largest absolute Gasteiger partial charge is 0.148 e. The second-order valence-corrected chi connectivity index (χ2v) is 3.09. The number of hydrogen-bond donors (Lipinski definition) is 1. The van der Waals surface area contributed by atoms with Crippen LogP contribution in [0.5, 0.6) is 0 Å². The van der Waals surface area contributed by atoms with Crippen LogP contribution in [0.1, 0.15) is 26.7 Å². The smallest absolute Gasteiger partial charge is 0.00425 e. The van der Waals surface area contributed by atoms with Gasteiger partial charge in [-0.05, 0) is 24.7 Å². The first-order valence-electron chi connectivity index (χ1n) is 3.87. The van der Waals surface area contributed by atoms with Crippen LogP contribution in [-0.2, 0) is 0 Å². The van der Waals surface area contributed by atoms with Crippen molar-refractivity contribution in [1.29, 1.82) is 0 Å². The first kappa shape index (κ1) is 10.6. The summed E-state index contributed by atoms with van der Waals surface area (Å²) in [5.41, 5.74) is 1.38. The predicted octanol–water partition coefficient (Wildman–Crippen LogP) is 3.73. The van der Waals surface area contributed by atoms with Crippen LogP contribution in [0.25, 0.3) is 0 Å². The molecule has 0 bridgehead atoms. The third-order valence-electron chi connectivity index (χ3n) is 1.47. The van der Waals surface area contributed by atoms with E-state index in [0.717, 1.165) is 17.7 Å². The number of rotatable bonds is 4. The molecule has 0 atom stereocenters. The quantitative estimate of drug-likeness (QED) is 0.369. The van der Waals surface area contributed by atoms with E-state index in [-0.39, 0.29) is 0 Å². The molecule has 0 aromatic rings. The normalized spacial score (nSPS) is 13.4. The van der Waals surface area contributed by atoms with Gasteiger partial charge in [-0.2, -0.15) is 0 Å². The maximum atomic E-state index is 4.27. The molecule has 0 spiro atoms. The summed E-state index contributed by atoms with van der Waals surface area (Å²) in [6, 6.07) is 0. The molecule has 0 nitrogen and oxygen atoms in total. The lowest BCUT2D eigenvalue weighted by atomic mass is 10.2. The van der Waals surface area contributed by atoms with Gasteiger partial charge in [-0.25, -0.2) is 0 Å². The van der Waals surface area contributed by atoms with Gasteiger partial charge in [0.05, 0.1) is 0 Å². The Morgan fingerprint density at radius 3 is 2.55 bits per heavy atom. The summed E-state index contributed by atoms with van der Waals surface area (Å²) in [7, 11) is 0. The second kappa shape index (κ2) is 6.29. The van der Waals surface area contributed by atoms with E-state index in [1.807, 2.05) is 12.2 Å². The van der Waals surface area contributed by atoms with E-state index in [9.17, 15) is 0 Å². The Labute approximate surface area is 75.1 Å². The van der Waals surface area contributed by atoms with E-state index in [1.54, 1.807) is 0 Å². The van der Waals surface area contributed by atoms with Crippen LogP contribution in [0, 0.1) is 0 Å². The van der Waals surface area contributed by atoms with Crippen LogP contribution in [0.15, 0.2) is 35.3 Å². The highest BCUT2D eigenvalue weighted by atomic mass is 32.1. The van der Waals surface area contributed by atoms with Gasteiger partial charge in [-0.3, -0.25) is 0 Å². The predicted molar refractivity (Wildman–Crippen MR) is 55.9 cm³/mol. The molecule has 0 rings (SSSR count). The zero-order chi connectivity index (χ0) is 8.69. The molecule has 62 valence electrons. The van der Waals surface area contributed by atoms with E-state index in [4.69, 9.17) is 0 Å². The zero-order valence-corrected chi connectivity index (χ0v) is 8.20. The molecule has 0 fully saturated rings. The SMILES string of the molecule is C=CC/C(S)=C\C=C(\C)CC. The lowest BCUT2D eigenvalue weighted by Gasteiger charge is -1.92. The Hall–Kier alpha value is -0.430. The van der Waals surface area contributed by atoms with Crippen molar-refractivity contribution in [2.45, 2.75) is 26.7 Å². The fraction of sp³-hybridized carbons (Fsp3) is 0.400. The van der Waals surface area contributed by atoms with Crippen molar-refractivity contribution >= 4 is 12.6 Å². The Bertz CT molecular complexity index is 175.